The molecule has 0 aromatic heterocycles. The van der Waals surface area contributed by atoms with Crippen molar-refractivity contribution in [3.05, 3.63) is 0 Å². The summed E-state index contributed by atoms with van der Waals surface area (Å²) in [6.45, 7) is 9.63. The smallest absolute Gasteiger partial charge is 0.227 e. The summed E-state index contributed by atoms with van der Waals surface area (Å²) < 4.78 is 0. The third-order valence-corrected chi connectivity index (χ3v) is 3.38. The van der Waals surface area contributed by atoms with Gasteiger partial charge in [-0.3, -0.25) is 4.79 Å². The first-order valence-electron chi connectivity index (χ1n) is 5.26. The van der Waals surface area contributed by atoms with Crippen molar-refractivity contribution < 1.29 is 4.79 Å². The first kappa shape index (κ1) is 11.8. The second-order valence-electron chi connectivity index (χ2n) is 5.28. The molecule has 0 radical (unpaired) electrons. The molecule has 2 unspecified atom stereocenters. The Kier molecular flexibility index (Phi) is 3.46. The maximum absolute atomic E-state index is 12.0. The Balaban J connectivity index is 2.59. The SMILES string of the molecule is CC1CN(C(=O)C(C)(C)C)CCC1Cl. The van der Waals surface area contributed by atoms with Gasteiger partial charge in [-0.05, 0) is 12.3 Å². The van der Waals surface area contributed by atoms with Crippen LogP contribution in [0.25, 0.3) is 0 Å². The second-order valence-corrected chi connectivity index (χ2v) is 5.84. The highest BCUT2D eigenvalue weighted by Crippen LogP contribution is 2.25. The molecule has 2 nitrogen and oxygen atoms in total. The van der Waals surface area contributed by atoms with E-state index in [9.17, 15) is 4.79 Å². The lowest BCUT2D eigenvalue weighted by molar-refractivity contribution is -0.141. The Labute approximate surface area is 91.6 Å². The molecular formula is C11H20ClNO. The van der Waals surface area contributed by atoms with Gasteiger partial charge >= 0.3 is 0 Å². The van der Waals surface area contributed by atoms with Gasteiger partial charge in [-0.15, -0.1) is 11.6 Å². The molecule has 0 saturated carbocycles. The lowest BCUT2D eigenvalue weighted by atomic mass is 9.91. The lowest BCUT2D eigenvalue weighted by Gasteiger charge is -2.37. The maximum Gasteiger partial charge on any atom is 0.227 e. The van der Waals surface area contributed by atoms with Gasteiger partial charge in [0, 0.05) is 23.9 Å². The molecule has 1 heterocycles. The number of likely N-dealkylation sites (tertiary alicyclic amines) is 1. The summed E-state index contributed by atoms with van der Waals surface area (Å²) in [5.74, 6) is 0.657. The van der Waals surface area contributed by atoms with Crippen LogP contribution < -0.4 is 0 Å². The summed E-state index contributed by atoms with van der Waals surface area (Å²) in [6, 6.07) is 0. The summed E-state index contributed by atoms with van der Waals surface area (Å²) in [6.07, 6.45) is 0.921. The van der Waals surface area contributed by atoms with Crippen LogP contribution in [0.3, 0.4) is 0 Å². The van der Waals surface area contributed by atoms with Crippen molar-refractivity contribution in [2.24, 2.45) is 11.3 Å². The number of alkyl halides is 1. The topological polar surface area (TPSA) is 20.3 Å². The Morgan fingerprint density at radius 1 is 1.43 bits per heavy atom. The van der Waals surface area contributed by atoms with Gasteiger partial charge in [-0.25, -0.2) is 0 Å². The summed E-state index contributed by atoms with van der Waals surface area (Å²) in [4.78, 5) is 13.9. The van der Waals surface area contributed by atoms with Crippen LogP contribution in [0.2, 0.25) is 0 Å². The molecule has 1 aliphatic rings. The molecule has 0 aliphatic carbocycles. The van der Waals surface area contributed by atoms with Crippen molar-refractivity contribution in [1.29, 1.82) is 0 Å². The fraction of sp³-hybridized carbons (Fsp3) is 0.909. The first-order chi connectivity index (χ1) is 6.32. The maximum atomic E-state index is 12.0. The number of hydrogen-bond donors (Lipinski definition) is 0. The Morgan fingerprint density at radius 2 is 2.00 bits per heavy atom. The number of rotatable bonds is 0. The van der Waals surface area contributed by atoms with Gasteiger partial charge in [0.25, 0.3) is 0 Å². The number of hydrogen-bond acceptors (Lipinski definition) is 1. The highest BCUT2D eigenvalue weighted by atomic mass is 35.5. The minimum absolute atomic E-state index is 0.235. The van der Waals surface area contributed by atoms with Crippen molar-refractivity contribution in [2.75, 3.05) is 13.1 Å². The van der Waals surface area contributed by atoms with Crippen LogP contribution in [0, 0.1) is 11.3 Å². The normalized spacial score (nSPS) is 29.1. The number of piperidine rings is 1. The van der Waals surface area contributed by atoms with E-state index >= 15 is 0 Å². The van der Waals surface area contributed by atoms with E-state index in [2.05, 4.69) is 6.92 Å². The molecule has 0 aromatic carbocycles. The summed E-state index contributed by atoms with van der Waals surface area (Å²) in [7, 11) is 0. The zero-order valence-corrected chi connectivity index (χ0v) is 10.3. The Hall–Kier alpha value is -0.240. The van der Waals surface area contributed by atoms with Crippen LogP contribution in [0.5, 0.6) is 0 Å². The molecule has 0 N–H and O–H groups in total. The molecule has 1 aliphatic heterocycles. The van der Waals surface area contributed by atoms with Crippen molar-refractivity contribution in [3.63, 3.8) is 0 Å². The number of carbonyl (C=O) groups is 1. The fourth-order valence-corrected chi connectivity index (χ4v) is 1.95. The van der Waals surface area contributed by atoms with Gasteiger partial charge < -0.3 is 4.90 Å². The number of halogens is 1. The molecule has 1 amide bonds. The van der Waals surface area contributed by atoms with E-state index < -0.39 is 0 Å². The number of amides is 1. The molecule has 0 aromatic rings. The van der Waals surface area contributed by atoms with Crippen molar-refractivity contribution in [1.82, 2.24) is 4.90 Å². The van der Waals surface area contributed by atoms with Gasteiger partial charge in [0.2, 0.25) is 5.91 Å². The Morgan fingerprint density at radius 3 is 2.43 bits per heavy atom. The van der Waals surface area contributed by atoms with Crippen LogP contribution in [0.4, 0.5) is 0 Å². The van der Waals surface area contributed by atoms with E-state index in [0.717, 1.165) is 19.5 Å². The van der Waals surface area contributed by atoms with Gasteiger partial charge in [0.1, 0.15) is 0 Å². The van der Waals surface area contributed by atoms with Crippen molar-refractivity contribution in [2.45, 2.75) is 39.5 Å². The monoisotopic (exact) mass is 217 g/mol. The summed E-state index contributed by atoms with van der Waals surface area (Å²) in [5.41, 5.74) is -0.265. The van der Waals surface area contributed by atoms with E-state index in [1.54, 1.807) is 0 Å². The van der Waals surface area contributed by atoms with Gasteiger partial charge in [0.05, 0.1) is 0 Å². The van der Waals surface area contributed by atoms with Gasteiger partial charge in [-0.2, -0.15) is 0 Å². The minimum atomic E-state index is -0.265. The standard InChI is InChI=1S/C11H20ClNO/c1-8-7-13(6-5-9(8)12)10(14)11(2,3)4/h8-9H,5-7H2,1-4H3. The average Bonchev–Trinajstić information content (AvgIpc) is 2.07. The summed E-state index contributed by atoms with van der Waals surface area (Å²) in [5, 5.41) is 0.235. The van der Waals surface area contributed by atoms with E-state index in [0.29, 0.717) is 5.92 Å². The third kappa shape index (κ3) is 2.63. The molecule has 0 spiro atoms. The number of carbonyl (C=O) groups excluding carboxylic acids is 1. The van der Waals surface area contributed by atoms with Crippen molar-refractivity contribution in [3.8, 4) is 0 Å². The van der Waals surface area contributed by atoms with E-state index in [1.807, 2.05) is 25.7 Å². The van der Waals surface area contributed by atoms with E-state index in [-0.39, 0.29) is 16.7 Å². The quantitative estimate of drug-likeness (QED) is 0.571. The third-order valence-electron chi connectivity index (χ3n) is 2.73. The fourth-order valence-electron chi connectivity index (χ4n) is 1.78. The molecular weight excluding hydrogens is 198 g/mol. The van der Waals surface area contributed by atoms with E-state index in [1.165, 1.54) is 0 Å². The molecule has 82 valence electrons. The first-order valence-corrected chi connectivity index (χ1v) is 5.69. The van der Waals surface area contributed by atoms with Crippen LogP contribution in [0.1, 0.15) is 34.1 Å². The van der Waals surface area contributed by atoms with E-state index in [4.69, 9.17) is 11.6 Å². The second kappa shape index (κ2) is 4.09. The lowest BCUT2D eigenvalue weighted by Crippen LogP contribution is -2.47. The minimum Gasteiger partial charge on any atom is -0.342 e. The van der Waals surface area contributed by atoms with Crippen LogP contribution in [0.15, 0.2) is 0 Å². The summed E-state index contributed by atoms with van der Waals surface area (Å²) >= 11 is 6.11. The zero-order chi connectivity index (χ0) is 10.9. The highest BCUT2D eigenvalue weighted by molar-refractivity contribution is 6.20. The largest absolute Gasteiger partial charge is 0.342 e. The highest BCUT2D eigenvalue weighted by Gasteiger charge is 2.32. The van der Waals surface area contributed by atoms with Gasteiger partial charge in [-0.1, -0.05) is 27.7 Å². The van der Waals surface area contributed by atoms with Gasteiger partial charge in [0.15, 0.2) is 0 Å². The molecule has 14 heavy (non-hydrogen) atoms. The zero-order valence-electron chi connectivity index (χ0n) is 9.51. The molecule has 1 fully saturated rings. The number of nitrogens with zero attached hydrogens (tertiary/aromatic N) is 1. The predicted octanol–water partition coefficient (Wildman–Crippen LogP) is 2.51. The molecule has 1 saturated heterocycles. The Bertz CT molecular complexity index is 222. The molecule has 3 heteroatoms. The molecule has 0 bridgehead atoms. The predicted molar refractivity (Wildman–Crippen MR) is 59.5 cm³/mol. The molecule has 1 rings (SSSR count). The molecule has 2 atom stereocenters. The average molecular weight is 218 g/mol. The van der Waals surface area contributed by atoms with Crippen LogP contribution >= 0.6 is 11.6 Å². The van der Waals surface area contributed by atoms with Crippen LogP contribution in [-0.2, 0) is 4.79 Å². The van der Waals surface area contributed by atoms with Crippen molar-refractivity contribution >= 4 is 17.5 Å². The van der Waals surface area contributed by atoms with Crippen LogP contribution in [-0.4, -0.2) is 29.3 Å².